The molecule has 0 aromatic carbocycles. The second kappa shape index (κ2) is 8.24. The molecule has 1 aromatic rings. The summed E-state index contributed by atoms with van der Waals surface area (Å²) in [7, 11) is 0. The molecule has 0 spiro atoms. The van der Waals surface area contributed by atoms with Crippen LogP contribution < -0.4 is 5.32 Å². The first-order valence-corrected chi connectivity index (χ1v) is 8.82. The molecule has 0 unspecified atom stereocenters. The third-order valence-corrected chi connectivity index (χ3v) is 4.80. The Morgan fingerprint density at radius 3 is 2.71 bits per heavy atom. The summed E-state index contributed by atoms with van der Waals surface area (Å²) in [6, 6.07) is 5.66. The van der Waals surface area contributed by atoms with Crippen molar-refractivity contribution in [3.63, 3.8) is 0 Å². The number of aromatic nitrogens is 1. The van der Waals surface area contributed by atoms with Crippen LogP contribution in [0.5, 0.6) is 0 Å². The SMILES string of the molecule is O=C(NCc1ccccn1)C1CCN(C(=O)[C@H]2CCCCO2)CC1. The Hall–Kier alpha value is -1.95. The normalized spacial score (nSPS) is 22.2. The van der Waals surface area contributed by atoms with E-state index in [1.165, 1.54) is 0 Å². The molecule has 0 bridgehead atoms. The maximum absolute atomic E-state index is 12.4. The number of carbonyl (C=O) groups is 2. The lowest BCUT2D eigenvalue weighted by molar-refractivity contribution is -0.149. The van der Waals surface area contributed by atoms with Gasteiger partial charge in [0.25, 0.3) is 5.91 Å². The number of amides is 2. The van der Waals surface area contributed by atoms with E-state index in [9.17, 15) is 9.59 Å². The zero-order chi connectivity index (χ0) is 16.8. The van der Waals surface area contributed by atoms with E-state index in [-0.39, 0.29) is 23.8 Å². The molecule has 2 amide bonds. The van der Waals surface area contributed by atoms with Crippen LogP contribution in [0.3, 0.4) is 0 Å². The summed E-state index contributed by atoms with van der Waals surface area (Å²) in [5.74, 6) is 0.133. The fourth-order valence-corrected chi connectivity index (χ4v) is 3.33. The number of hydrogen-bond donors (Lipinski definition) is 1. The molecule has 3 heterocycles. The van der Waals surface area contributed by atoms with Gasteiger partial charge in [-0.2, -0.15) is 0 Å². The summed E-state index contributed by atoms with van der Waals surface area (Å²) < 4.78 is 5.58. The monoisotopic (exact) mass is 331 g/mol. The molecule has 130 valence electrons. The molecule has 1 aromatic heterocycles. The Morgan fingerprint density at radius 2 is 2.04 bits per heavy atom. The van der Waals surface area contributed by atoms with Crippen LogP contribution in [-0.2, 0) is 20.9 Å². The number of rotatable bonds is 4. The first-order chi connectivity index (χ1) is 11.7. The quantitative estimate of drug-likeness (QED) is 0.908. The molecule has 0 saturated carbocycles. The number of hydrogen-bond acceptors (Lipinski definition) is 4. The minimum atomic E-state index is -0.270. The molecule has 2 saturated heterocycles. The number of ether oxygens (including phenoxy) is 1. The summed E-state index contributed by atoms with van der Waals surface area (Å²) in [6.07, 6.45) is 5.81. The van der Waals surface area contributed by atoms with Crippen molar-refractivity contribution in [2.45, 2.75) is 44.8 Å². The molecule has 6 heteroatoms. The Labute approximate surface area is 142 Å². The van der Waals surface area contributed by atoms with Crippen LogP contribution in [0.4, 0.5) is 0 Å². The van der Waals surface area contributed by atoms with Crippen LogP contribution in [0, 0.1) is 5.92 Å². The van der Waals surface area contributed by atoms with Crippen molar-refractivity contribution in [2.75, 3.05) is 19.7 Å². The van der Waals surface area contributed by atoms with Crippen LogP contribution in [0.15, 0.2) is 24.4 Å². The summed E-state index contributed by atoms with van der Waals surface area (Å²) >= 11 is 0. The van der Waals surface area contributed by atoms with Gasteiger partial charge < -0.3 is 15.0 Å². The average molecular weight is 331 g/mol. The lowest BCUT2D eigenvalue weighted by atomic mass is 9.95. The summed E-state index contributed by atoms with van der Waals surface area (Å²) in [4.78, 5) is 30.8. The maximum atomic E-state index is 12.4. The van der Waals surface area contributed by atoms with Gasteiger partial charge in [-0.05, 0) is 44.2 Å². The van der Waals surface area contributed by atoms with E-state index in [2.05, 4.69) is 10.3 Å². The van der Waals surface area contributed by atoms with Gasteiger partial charge in [0.1, 0.15) is 6.10 Å². The Morgan fingerprint density at radius 1 is 1.21 bits per heavy atom. The number of likely N-dealkylation sites (tertiary alicyclic amines) is 1. The highest BCUT2D eigenvalue weighted by molar-refractivity contribution is 5.82. The van der Waals surface area contributed by atoms with Gasteiger partial charge in [0.05, 0.1) is 12.2 Å². The molecule has 0 aliphatic carbocycles. The van der Waals surface area contributed by atoms with E-state index in [0.29, 0.717) is 39.1 Å². The van der Waals surface area contributed by atoms with E-state index in [4.69, 9.17) is 4.74 Å². The minimum absolute atomic E-state index is 0.0231. The first-order valence-electron chi connectivity index (χ1n) is 8.82. The molecule has 1 atom stereocenters. The smallest absolute Gasteiger partial charge is 0.251 e. The summed E-state index contributed by atoms with van der Waals surface area (Å²) in [5.41, 5.74) is 0.855. The Balaban J connectivity index is 1.42. The van der Waals surface area contributed by atoms with E-state index in [1.807, 2.05) is 23.1 Å². The Bertz CT molecular complexity index is 550. The van der Waals surface area contributed by atoms with Gasteiger partial charge in [-0.3, -0.25) is 14.6 Å². The molecular formula is C18H25N3O3. The zero-order valence-electron chi connectivity index (χ0n) is 13.9. The molecule has 0 radical (unpaired) electrons. The zero-order valence-corrected chi connectivity index (χ0v) is 13.9. The third-order valence-electron chi connectivity index (χ3n) is 4.80. The lowest BCUT2D eigenvalue weighted by Gasteiger charge is -2.34. The fraction of sp³-hybridized carbons (Fsp3) is 0.611. The van der Waals surface area contributed by atoms with Crippen molar-refractivity contribution in [1.29, 1.82) is 0 Å². The maximum Gasteiger partial charge on any atom is 0.251 e. The van der Waals surface area contributed by atoms with E-state index < -0.39 is 0 Å². The van der Waals surface area contributed by atoms with Crippen LogP contribution >= 0.6 is 0 Å². The van der Waals surface area contributed by atoms with E-state index in [0.717, 1.165) is 25.0 Å². The van der Waals surface area contributed by atoms with Gasteiger partial charge in [-0.15, -0.1) is 0 Å². The van der Waals surface area contributed by atoms with E-state index in [1.54, 1.807) is 6.20 Å². The lowest BCUT2D eigenvalue weighted by Crippen LogP contribution is -2.47. The molecule has 6 nitrogen and oxygen atoms in total. The topological polar surface area (TPSA) is 71.5 Å². The third kappa shape index (κ3) is 4.32. The van der Waals surface area contributed by atoms with Crippen molar-refractivity contribution in [3.05, 3.63) is 30.1 Å². The van der Waals surface area contributed by atoms with Crippen LogP contribution in [0.25, 0.3) is 0 Å². The van der Waals surface area contributed by atoms with Crippen molar-refractivity contribution < 1.29 is 14.3 Å². The second-order valence-corrected chi connectivity index (χ2v) is 6.49. The molecule has 2 fully saturated rings. The molecule has 24 heavy (non-hydrogen) atoms. The van der Waals surface area contributed by atoms with Crippen LogP contribution in [0.2, 0.25) is 0 Å². The summed E-state index contributed by atoms with van der Waals surface area (Å²) in [5, 5.41) is 2.95. The second-order valence-electron chi connectivity index (χ2n) is 6.49. The van der Waals surface area contributed by atoms with Gasteiger partial charge in [0, 0.05) is 31.8 Å². The van der Waals surface area contributed by atoms with Crippen LogP contribution in [-0.4, -0.2) is 47.5 Å². The van der Waals surface area contributed by atoms with Crippen LogP contribution in [0.1, 0.15) is 37.8 Å². The van der Waals surface area contributed by atoms with Gasteiger partial charge in [-0.1, -0.05) is 6.07 Å². The standard InChI is InChI=1S/C18H25N3O3/c22-17(20-13-15-5-1-3-9-19-15)14-7-10-21(11-8-14)18(23)16-6-2-4-12-24-16/h1,3,5,9,14,16H,2,4,6-8,10-13H2,(H,20,22)/t16-/m1/s1. The van der Waals surface area contributed by atoms with Crippen molar-refractivity contribution in [3.8, 4) is 0 Å². The summed E-state index contributed by atoms with van der Waals surface area (Å²) in [6.45, 7) is 2.41. The molecule has 1 N–H and O–H groups in total. The number of carbonyl (C=O) groups excluding carboxylic acids is 2. The minimum Gasteiger partial charge on any atom is -0.368 e. The average Bonchev–Trinajstić information content (AvgIpc) is 2.67. The number of nitrogens with one attached hydrogen (secondary N) is 1. The Kier molecular flexibility index (Phi) is 5.80. The largest absolute Gasteiger partial charge is 0.368 e. The van der Waals surface area contributed by atoms with Crippen molar-refractivity contribution in [1.82, 2.24) is 15.2 Å². The molecular weight excluding hydrogens is 306 g/mol. The highest BCUT2D eigenvalue weighted by atomic mass is 16.5. The number of nitrogens with zero attached hydrogens (tertiary/aromatic N) is 2. The molecule has 3 rings (SSSR count). The number of pyridine rings is 1. The van der Waals surface area contributed by atoms with Gasteiger partial charge >= 0.3 is 0 Å². The fourth-order valence-electron chi connectivity index (χ4n) is 3.33. The predicted molar refractivity (Wildman–Crippen MR) is 89.0 cm³/mol. The molecule has 2 aliphatic heterocycles. The van der Waals surface area contributed by atoms with E-state index >= 15 is 0 Å². The van der Waals surface area contributed by atoms with Gasteiger partial charge in [-0.25, -0.2) is 0 Å². The first kappa shape index (κ1) is 16.9. The van der Waals surface area contributed by atoms with Crippen molar-refractivity contribution in [2.24, 2.45) is 5.92 Å². The van der Waals surface area contributed by atoms with Gasteiger partial charge in [0.2, 0.25) is 5.91 Å². The number of piperidine rings is 1. The molecule has 2 aliphatic rings. The van der Waals surface area contributed by atoms with Crippen molar-refractivity contribution >= 4 is 11.8 Å². The highest BCUT2D eigenvalue weighted by Gasteiger charge is 2.31. The van der Waals surface area contributed by atoms with Gasteiger partial charge in [0.15, 0.2) is 0 Å². The predicted octanol–water partition coefficient (Wildman–Crippen LogP) is 1.51. The highest BCUT2D eigenvalue weighted by Crippen LogP contribution is 2.21.